The quantitative estimate of drug-likeness (QED) is 0.848. The molecule has 2 heteroatoms. The molecule has 3 unspecified atom stereocenters. The molecule has 1 aromatic heterocycles. The SMILES string of the molecule is CCC1CCC(N)(C2CCc3cccnc32)C1. The molecule has 0 saturated heterocycles. The van der Waals surface area contributed by atoms with Crippen molar-refractivity contribution in [3.05, 3.63) is 29.6 Å². The number of hydrogen-bond acceptors (Lipinski definition) is 2. The fraction of sp³-hybridized carbons (Fsp3) is 0.667. The van der Waals surface area contributed by atoms with Crippen LogP contribution in [0.2, 0.25) is 0 Å². The summed E-state index contributed by atoms with van der Waals surface area (Å²) < 4.78 is 0. The Morgan fingerprint density at radius 2 is 2.35 bits per heavy atom. The Hall–Kier alpha value is -0.890. The number of hydrogen-bond donors (Lipinski definition) is 1. The first-order valence-corrected chi connectivity index (χ1v) is 6.95. The molecule has 1 saturated carbocycles. The highest BCUT2D eigenvalue weighted by atomic mass is 14.8. The zero-order valence-corrected chi connectivity index (χ0v) is 10.7. The molecule has 0 aliphatic heterocycles. The predicted octanol–water partition coefficient (Wildman–Crippen LogP) is 3.02. The van der Waals surface area contributed by atoms with E-state index in [1.54, 1.807) is 0 Å². The summed E-state index contributed by atoms with van der Waals surface area (Å²) in [7, 11) is 0. The predicted molar refractivity (Wildman–Crippen MR) is 69.8 cm³/mol. The minimum atomic E-state index is 0.0281. The zero-order chi connectivity index (χ0) is 11.9. The molecule has 1 fully saturated rings. The Balaban J connectivity index is 1.87. The largest absolute Gasteiger partial charge is 0.324 e. The van der Waals surface area contributed by atoms with E-state index in [1.165, 1.54) is 49.8 Å². The first kappa shape index (κ1) is 11.2. The smallest absolute Gasteiger partial charge is 0.0484 e. The van der Waals surface area contributed by atoms with E-state index in [4.69, 9.17) is 5.73 Å². The van der Waals surface area contributed by atoms with Gasteiger partial charge in [-0.2, -0.15) is 0 Å². The molecular weight excluding hydrogens is 208 g/mol. The molecule has 0 aromatic carbocycles. The Bertz CT molecular complexity index is 415. The van der Waals surface area contributed by atoms with Gasteiger partial charge in [0.15, 0.2) is 0 Å². The van der Waals surface area contributed by atoms with Crippen LogP contribution in [0.25, 0.3) is 0 Å². The number of nitrogens with zero attached hydrogens (tertiary/aromatic N) is 1. The number of rotatable bonds is 2. The minimum Gasteiger partial charge on any atom is -0.324 e. The van der Waals surface area contributed by atoms with Crippen LogP contribution in [0.1, 0.15) is 56.2 Å². The van der Waals surface area contributed by atoms with Crippen LogP contribution in [0.3, 0.4) is 0 Å². The maximum atomic E-state index is 6.71. The molecule has 0 radical (unpaired) electrons. The maximum Gasteiger partial charge on any atom is 0.0484 e. The third-order valence-corrected chi connectivity index (χ3v) is 4.92. The van der Waals surface area contributed by atoms with Crippen LogP contribution < -0.4 is 5.73 Å². The number of pyridine rings is 1. The van der Waals surface area contributed by atoms with Gasteiger partial charge in [-0.25, -0.2) is 0 Å². The highest BCUT2D eigenvalue weighted by Crippen LogP contribution is 2.47. The molecule has 2 N–H and O–H groups in total. The number of nitrogens with two attached hydrogens (primary N) is 1. The topological polar surface area (TPSA) is 38.9 Å². The van der Waals surface area contributed by atoms with Crippen LogP contribution in [0.5, 0.6) is 0 Å². The van der Waals surface area contributed by atoms with Gasteiger partial charge >= 0.3 is 0 Å². The number of aryl methyl sites for hydroxylation is 1. The van der Waals surface area contributed by atoms with E-state index >= 15 is 0 Å². The van der Waals surface area contributed by atoms with Crippen molar-refractivity contribution in [2.24, 2.45) is 11.7 Å². The van der Waals surface area contributed by atoms with Crippen LogP contribution in [-0.2, 0) is 6.42 Å². The second-order valence-corrected chi connectivity index (χ2v) is 5.89. The van der Waals surface area contributed by atoms with Gasteiger partial charge in [-0.15, -0.1) is 0 Å². The van der Waals surface area contributed by atoms with Gasteiger partial charge in [0.2, 0.25) is 0 Å². The molecule has 92 valence electrons. The van der Waals surface area contributed by atoms with E-state index in [-0.39, 0.29) is 5.54 Å². The second kappa shape index (κ2) is 4.09. The fourth-order valence-electron chi connectivity index (χ4n) is 3.85. The van der Waals surface area contributed by atoms with Crippen LogP contribution >= 0.6 is 0 Å². The molecule has 0 bridgehead atoms. The van der Waals surface area contributed by atoms with Crippen molar-refractivity contribution in [3.8, 4) is 0 Å². The van der Waals surface area contributed by atoms with E-state index in [0.717, 1.165) is 5.92 Å². The van der Waals surface area contributed by atoms with Crippen molar-refractivity contribution in [2.45, 2.75) is 56.9 Å². The molecular formula is C15H22N2. The molecule has 2 aliphatic carbocycles. The van der Waals surface area contributed by atoms with E-state index in [0.29, 0.717) is 5.92 Å². The zero-order valence-electron chi connectivity index (χ0n) is 10.7. The van der Waals surface area contributed by atoms with Crippen LogP contribution in [0.15, 0.2) is 18.3 Å². The van der Waals surface area contributed by atoms with E-state index in [2.05, 4.69) is 18.0 Å². The molecule has 3 atom stereocenters. The maximum absolute atomic E-state index is 6.71. The summed E-state index contributed by atoms with van der Waals surface area (Å²) >= 11 is 0. The molecule has 2 nitrogen and oxygen atoms in total. The number of aromatic nitrogens is 1. The molecule has 1 aromatic rings. The van der Waals surface area contributed by atoms with Crippen LogP contribution in [0, 0.1) is 5.92 Å². The van der Waals surface area contributed by atoms with Gasteiger partial charge in [0.25, 0.3) is 0 Å². The monoisotopic (exact) mass is 230 g/mol. The van der Waals surface area contributed by atoms with Crippen molar-refractivity contribution < 1.29 is 0 Å². The Morgan fingerprint density at radius 3 is 3.12 bits per heavy atom. The summed E-state index contributed by atoms with van der Waals surface area (Å²) in [4.78, 5) is 4.60. The lowest BCUT2D eigenvalue weighted by Crippen LogP contribution is -2.43. The van der Waals surface area contributed by atoms with Gasteiger partial charge in [0.05, 0.1) is 0 Å². The highest BCUT2D eigenvalue weighted by Gasteiger charge is 2.44. The lowest BCUT2D eigenvalue weighted by atomic mass is 9.80. The van der Waals surface area contributed by atoms with Crippen molar-refractivity contribution >= 4 is 0 Å². The van der Waals surface area contributed by atoms with E-state index in [9.17, 15) is 0 Å². The third-order valence-electron chi connectivity index (χ3n) is 4.92. The summed E-state index contributed by atoms with van der Waals surface area (Å²) in [5, 5.41) is 0. The molecule has 0 amide bonds. The average molecular weight is 230 g/mol. The second-order valence-electron chi connectivity index (χ2n) is 5.89. The van der Waals surface area contributed by atoms with Gasteiger partial charge in [0, 0.05) is 23.3 Å². The van der Waals surface area contributed by atoms with Gasteiger partial charge in [-0.05, 0) is 49.7 Å². The third kappa shape index (κ3) is 1.79. The van der Waals surface area contributed by atoms with Crippen molar-refractivity contribution in [2.75, 3.05) is 0 Å². The summed E-state index contributed by atoms with van der Waals surface area (Å²) in [6.07, 6.45) is 9.28. The first-order valence-electron chi connectivity index (χ1n) is 6.95. The van der Waals surface area contributed by atoms with Crippen LogP contribution in [0.4, 0.5) is 0 Å². The summed E-state index contributed by atoms with van der Waals surface area (Å²) in [6.45, 7) is 2.29. The lowest BCUT2D eigenvalue weighted by Gasteiger charge is -2.31. The van der Waals surface area contributed by atoms with E-state index in [1.807, 2.05) is 12.3 Å². The Labute approximate surface area is 104 Å². The van der Waals surface area contributed by atoms with Gasteiger partial charge in [-0.1, -0.05) is 19.4 Å². The lowest BCUT2D eigenvalue weighted by molar-refractivity contribution is 0.330. The molecule has 3 rings (SSSR count). The summed E-state index contributed by atoms with van der Waals surface area (Å²) in [5.74, 6) is 1.35. The van der Waals surface area contributed by atoms with Crippen molar-refractivity contribution in [1.82, 2.24) is 4.98 Å². The molecule has 17 heavy (non-hydrogen) atoms. The summed E-state index contributed by atoms with van der Waals surface area (Å²) in [6, 6.07) is 4.27. The minimum absolute atomic E-state index is 0.0281. The van der Waals surface area contributed by atoms with Gasteiger partial charge < -0.3 is 5.73 Å². The van der Waals surface area contributed by atoms with Gasteiger partial charge in [-0.3, -0.25) is 4.98 Å². The molecule has 2 aliphatic rings. The average Bonchev–Trinajstić information content (AvgIpc) is 2.93. The van der Waals surface area contributed by atoms with Gasteiger partial charge in [0.1, 0.15) is 0 Å². The van der Waals surface area contributed by atoms with E-state index < -0.39 is 0 Å². The first-order chi connectivity index (χ1) is 8.23. The standard InChI is InChI=1S/C15H22N2/c1-2-11-7-8-15(16,10-11)13-6-5-12-4-3-9-17-14(12)13/h3-4,9,11,13H,2,5-8,10,16H2,1H3. The Morgan fingerprint density at radius 1 is 1.47 bits per heavy atom. The Kier molecular flexibility index (Phi) is 2.70. The number of fused-ring (bicyclic) bond motifs is 1. The van der Waals surface area contributed by atoms with Crippen molar-refractivity contribution in [1.29, 1.82) is 0 Å². The fourth-order valence-corrected chi connectivity index (χ4v) is 3.85. The molecule has 1 heterocycles. The molecule has 0 spiro atoms. The highest BCUT2D eigenvalue weighted by molar-refractivity contribution is 5.32. The summed E-state index contributed by atoms with van der Waals surface area (Å²) in [5.41, 5.74) is 9.46. The normalized spacial score (nSPS) is 36.1. The van der Waals surface area contributed by atoms with Crippen molar-refractivity contribution in [3.63, 3.8) is 0 Å². The van der Waals surface area contributed by atoms with Crippen LogP contribution in [-0.4, -0.2) is 10.5 Å².